The molecule has 0 saturated carbocycles. The van der Waals surface area contributed by atoms with Crippen molar-refractivity contribution in [2.24, 2.45) is 5.92 Å². The number of carbonyl (C=O) groups excluding carboxylic acids is 1. The number of benzene rings is 1. The number of rotatable bonds is 6. The van der Waals surface area contributed by atoms with Crippen molar-refractivity contribution in [3.8, 4) is 5.75 Å². The minimum Gasteiger partial charge on any atom is -0.496 e. The van der Waals surface area contributed by atoms with Crippen LogP contribution in [0.1, 0.15) is 32.8 Å². The van der Waals surface area contributed by atoms with Crippen molar-refractivity contribution in [1.29, 1.82) is 0 Å². The highest BCUT2D eigenvalue weighted by atomic mass is 16.5. The third-order valence-corrected chi connectivity index (χ3v) is 3.82. The quantitative estimate of drug-likeness (QED) is 0.878. The molecule has 0 radical (unpaired) electrons. The molecular formula is C18H30N2O2. The van der Waals surface area contributed by atoms with Crippen LogP contribution in [-0.2, 0) is 11.2 Å². The molecule has 4 heteroatoms. The van der Waals surface area contributed by atoms with Gasteiger partial charge in [0.15, 0.2) is 0 Å². The molecular weight excluding hydrogens is 276 g/mol. The Balaban J connectivity index is 0.00000116. The molecule has 1 aromatic rings. The number of ether oxygens (including phenoxy) is 1. The summed E-state index contributed by atoms with van der Waals surface area (Å²) in [5, 5.41) is 3.10. The van der Waals surface area contributed by atoms with Crippen molar-refractivity contribution < 1.29 is 9.53 Å². The second-order valence-corrected chi connectivity index (χ2v) is 5.47. The molecule has 0 bridgehead atoms. The van der Waals surface area contributed by atoms with Gasteiger partial charge in [0.25, 0.3) is 0 Å². The number of methoxy groups -OCH3 is 1. The number of carbonyl (C=O) groups is 1. The molecule has 22 heavy (non-hydrogen) atoms. The highest BCUT2D eigenvalue weighted by Crippen LogP contribution is 2.21. The van der Waals surface area contributed by atoms with Crippen LogP contribution in [0.25, 0.3) is 0 Å². The number of nitrogens with zero attached hydrogens (tertiary/aromatic N) is 1. The van der Waals surface area contributed by atoms with E-state index in [0.717, 1.165) is 38.2 Å². The summed E-state index contributed by atoms with van der Waals surface area (Å²) in [6.07, 6.45) is 2.06. The van der Waals surface area contributed by atoms with E-state index in [1.165, 1.54) is 5.56 Å². The molecule has 4 nitrogen and oxygen atoms in total. The number of nitrogens with one attached hydrogen (secondary N) is 1. The van der Waals surface area contributed by atoms with Gasteiger partial charge >= 0.3 is 0 Å². The van der Waals surface area contributed by atoms with E-state index >= 15 is 0 Å². The van der Waals surface area contributed by atoms with E-state index in [0.29, 0.717) is 12.5 Å². The molecule has 0 aromatic heterocycles. The maximum absolute atomic E-state index is 11.7. The first-order valence-electron chi connectivity index (χ1n) is 8.31. The van der Waals surface area contributed by atoms with Crippen LogP contribution in [0, 0.1) is 5.92 Å². The van der Waals surface area contributed by atoms with Gasteiger partial charge in [-0.25, -0.2) is 0 Å². The lowest BCUT2D eigenvalue weighted by Crippen LogP contribution is -2.49. The predicted molar refractivity (Wildman–Crippen MR) is 91.3 cm³/mol. The monoisotopic (exact) mass is 306 g/mol. The van der Waals surface area contributed by atoms with Crippen LogP contribution in [-0.4, -0.2) is 44.1 Å². The Hall–Kier alpha value is -1.55. The van der Waals surface area contributed by atoms with Gasteiger partial charge in [-0.3, -0.25) is 4.79 Å². The fourth-order valence-corrected chi connectivity index (χ4v) is 2.62. The van der Waals surface area contributed by atoms with Gasteiger partial charge in [0.05, 0.1) is 13.7 Å². The normalized spacial score (nSPS) is 15.8. The third-order valence-electron chi connectivity index (χ3n) is 3.82. The Bertz CT molecular complexity index is 448. The van der Waals surface area contributed by atoms with Crippen molar-refractivity contribution in [2.45, 2.75) is 33.6 Å². The number of para-hydroxylation sites is 1. The molecule has 2 rings (SSSR count). The zero-order valence-corrected chi connectivity index (χ0v) is 14.4. The van der Waals surface area contributed by atoms with Crippen molar-refractivity contribution >= 4 is 5.91 Å². The molecule has 1 aromatic carbocycles. The SMILES string of the molecule is CC.COc1ccccc1CCC(C)CN1CCNCC1=O. The first-order chi connectivity index (χ1) is 10.7. The first kappa shape index (κ1) is 18.5. The number of aryl methyl sites for hydroxylation is 1. The molecule has 1 atom stereocenters. The summed E-state index contributed by atoms with van der Waals surface area (Å²) in [4.78, 5) is 13.7. The average Bonchev–Trinajstić information content (AvgIpc) is 2.57. The predicted octanol–water partition coefficient (Wildman–Crippen LogP) is 2.72. The summed E-state index contributed by atoms with van der Waals surface area (Å²) in [5.41, 5.74) is 1.24. The van der Waals surface area contributed by atoms with Crippen LogP contribution >= 0.6 is 0 Å². The van der Waals surface area contributed by atoms with Crippen LogP contribution in [0.4, 0.5) is 0 Å². The van der Waals surface area contributed by atoms with E-state index in [1.54, 1.807) is 7.11 Å². The number of hydrogen-bond acceptors (Lipinski definition) is 3. The van der Waals surface area contributed by atoms with Gasteiger partial charge in [0.2, 0.25) is 5.91 Å². The number of amides is 1. The zero-order valence-electron chi connectivity index (χ0n) is 14.4. The topological polar surface area (TPSA) is 41.6 Å². The summed E-state index contributed by atoms with van der Waals surface area (Å²) in [5.74, 6) is 1.68. The fraction of sp³-hybridized carbons (Fsp3) is 0.611. The Morgan fingerprint density at radius 2 is 2.05 bits per heavy atom. The summed E-state index contributed by atoms with van der Waals surface area (Å²) < 4.78 is 5.37. The second-order valence-electron chi connectivity index (χ2n) is 5.47. The lowest BCUT2D eigenvalue weighted by molar-refractivity contribution is -0.132. The summed E-state index contributed by atoms with van der Waals surface area (Å²) >= 11 is 0. The van der Waals surface area contributed by atoms with E-state index in [-0.39, 0.29) is 5.91 Å². The van der Waals surface area contributed by atoms with Crippen LogP contribution < -0.4 is 10.1 Å². The maximum atomic E-state index is 11.7. The van der Waals surface area contributed by atoms with E-state index in [1.807, 2.05) is 36.9 Å². The van der Waals surface area contributed by atoms with Gasteiger partial charge in [0.1, 0.15) is 5.75 Å². The fourth-order valence-electron chi connectivity index (χ4n) is 2.62. The molecule has 1 N–H and O–H groups in total. The Labute approximate surface area is 134 Å². The molecule has 1 saturated heterocycles. The van der Waals surface area contributed by atoms with Crippen molar-refractivity contribution in [3.63, 3.8) is 0 Å². The minimum absolute atomic E-state index is 0.223. The molecule has 1 aliphatic rings. The van der Waals surface area contributed by atoms with Crippen molar-refractivity contribution in [1.82, 2.24) is 10.2 Å². The molecule has 124 valence electrons. The van der Waals surface area contributed by atoms with Gasteiger partial charge in [-0.1, -0.05) is 39.0 Å². The lowest BCUT2D eigenvalue weighted by atomic mass is 9.99. The zero-order chi connectivity index (χ0) is 16.4. The summed E-state index contributed by atoms with van der Waals surface area (Å²) in [6.45, 7) is 9.29. The van der Waals surface area contributed by atoms with Crippen LogP contribution in [0.2, 0.25) is 0 Å². The highest BCUT2D eigenvalue weighted by molar-refractivity contribution is 5.78. The summed E-state index contributed by atoms with van der Waals surface area (Å²) in [7, 11) is 1.71. The van der Waals surface area contributed by atoms with Gasteiger partial charge in [-0.2, -0.15) is 0 Å². The van der Waals surface area contributed by atoms with E-state index < -0.39 is 0 Å². The Morgan fingerprint density at radius 3 is 2.73 bits per heavy atom. The molecule has 1 fully saturated rings. The highest BCUT2D eigenvalue weighted by Gasteiger charge is 2.19. The van der Waals surface area contributed by atoms with E-state index in [4.69, 9.17) is 4.74 Å². The number of piperazine rings is 1. The van der Waals surface area contributed by atoms with Gasteiger partial charge in [0, 0.05) is 19.6 Å². The minimum atomic E-state index is 0.223. The lowest BCUT2D eigenvalue weighted by Gasteiger charge is -2.29. The molecule has 1 heterocycles. The average molecular weight is 306 g/mol. The van der Waals surface area contributed by atoms with Gasteiger partial charge in [-0.05, 0) is 30.4 Å². The Morgan fingerprint density at radius 1 is 1.32 bits per heavy atom. The molecule has 1 unspecified atom stereocenters. The second kappa shape index (κ2) is 10.2. The maximum Gasteiger partial charge on any atom is 0.236 e. The molecule has 0 aliphatic carbocycles. The number of hydrogen-bond donors (Lipinski definition) is 1. The third kappa shape index (κ3) is 5.68. The van der Waals surface area contributed by atoms with Crippen LogP contribution in [0.3, 0.4) is 0 Å². The van der Waals surface area contributed by atoms with Crippen molar-refractivity contribution in [3.05, 3.63) is 29.8 Å². The molecule has 1 aliphatic heterocycles. The molecule has 1 amide bonds. The summed E-state index contributed by atoms with van der Waals surface area (Å²) in [6, 6.07) is 8.15. The van der Waals surface area contributed by atoms with Crippen LogP contribution in [0.5, 0.6) is 5.75 Å². The largest absolute Gasteiger partial charge is 0.496 e. The van der Waals surface area contributed by atoms with E-state index in [2.05, 4.69) is 18.3 Å². The van der Waals surface area contributed by atoms with Crippen molar-refractivity contribution in [2.75, 3.05) is 33.3 Å². The molecule has 0 spiro atoms. The van der Waals surface area contributed by atoms with Crippen LogP contribution in [0.15, 0.2) is 24.3 Å². The first-order valence-corrected chi connectivity index (χ1v) is 8.31. The smallest absolute Gasteiger partial charge is 0.236 e. The van der Waals surface area contributed by atoms with Gasteiger partial charge in [-0.15, -0.1) is 0 Å². The Kier molecular flexibility index (Phi) is 8.60. The van der Waals surface area contributed by atoms with Gasteiger partial charge < -0.3 is 15.0 Å². The standard InChI is InChI=1S/C16H24N2O2.C2H6/c1-13(12-18-10-9-17-11-16(18)19)7-8-14-5-3-4-6-15(14)20-2;1-2/h3-6,13,17H,7-12H2,1-2H3;1-2H3. The van der Waals surface area contributed by atoms with E-state index in [9.17, 15) is 4.79 Å².